The minimum absolute atomic E-state index is 0.461. The third-order valence-corrected chi connectivity index (χ3v) is 6.08. The molecule has 0 saturated carbocycles. The van der Waals surface area contributed by atoms with Crippen molar-refractivity contribution in [3.05, 3.63) is 82.8 Å². The zero-order valence-corrected chi connectivity index (χ0v) is 21.4. The fraction of sp³-hybridized carbons (Fsp3) is 0.269. The second-order valence-corrected chi connectivity index (χ2v) is 8.71. The Balaban J connectivity index is 1.41. The summed E-state index contributed by atoms with van der Waals surface area (Å²) >= 11 is 5.56. The summed E-state index contributed by atoms with van der Waals surface area (Å²) in [5, 5.41) is 16.2. The lowest BCUT2D eigenvalue weighted by atomic mass is 10.1. The molecule has 0 radical (unpaired) electrons. The average Bonchev–Trinajstić information content (AvgIpc) is 3.39. The molecule has 0 amide bonds. The van der Waals surface area contributed by atoms with Gasteiger partial charge in [-0.3, -0.25) is 9.36 Å². The number of aryl methyl sites for hydroxylation is 2. The van der Waals surface area contributed by atoms with Gasteiger partial charge in [0.2, 0.25) is 0 Å². The number of thiocarbonyl (C=S) groups is 1. The number of anilines is 2. The predicted octanol–water partition coefficient (Wildman–Crippen LogP) is 4.93. The van der Waals surface area contributed by atoms with Gasteiger partial charge in [-0.05, 0) is 61.8 Å². The number of benzene rings is 2. The molecule has 8 nitrogen and oxygen atoms in total. The number of hydrogen-bond acceptors (Lipinski definition) is 5. The molecule has 0 unspecified atom stereocenters. The molecule has 0 aliphatic heterocycles. The highest BCUT2D eigenvalue weighted by atomic mass is 32.1. The first-order valence-electron chi connectivity index (χ1n) is 11.3. The SMILES string of the molecule is COc1ccc(Cn2nc(C)c(NC(=S)Nc3ccn(Cc4ccccc4C)n3)c2C)cc1OC. The van der Waals surface area contributed by atoms with Gasteiger partial charge in [-0.15, -0.1) is 0 Å². The molecule has 4 rings (SSSR count). The Morgan fingerprint density at radius 1 is 0.914 bits per heavy atom. The number of nitrogens with zero attached hydrogens (tertiary/aromatic N) is 4. The van der Waals surface area contributed by atoms with Crippen LogP contribution < -0.4 is 20.1 Å². The maximum Gasteiger partial charge on any atom is 0.176 e. The van der Waals surface area contributed by atoms with Gasteiger partial charge in [0.25, 0.3) is 0 Å². The molecule has 0 atom stereocenters. The van der Waals surface area contributed by atoms with Gasteiger partial charge in [0.1, 0.15) is 0 Å². The molecular weight excluding hydrogens is 460 g/mol. The van der Waals surface area contributed by atoms with Gasteiger partial charge >= 0.3 is 0 Å². The lowest BCUT2D eigenvalue weighted by molar-refractivity contribution is 0.354. The van der Waals surface area contributed by atoms with Crippen molar-refractivity contribution in [2.75, 3.05) is 24.9 Å². The molecule has 0 aliphatic carbocycles. The van der Waals surface area contributed by atoms with Gasteiger partial charge in [-0.2, -0.15) is 10.2 Å². The van der Waals surface area contributed by atoms with Crippen LogP contribution in [-0.2, 0) is 13.1 Å². The van der Waals surface area contributed by atoms with Crippen molar-refractivity contribution in [3.63, 3.8) is 0 Å². The summed E-state index contributed by atoms with van der Waals surface area (Å²) in [6.07, 6.45) is 1.94. The Kier molecular flexibility index (Phi) is 7.36. The highest BCUT2D eigenvalue weighted by Gasteiger charge is 2.15. The molecule has 0 bridgehead atoms. The number of nitrogens with one attached hydrogen (secondary N) is 2. The third kappa shape index (κ3) is 5.63. The first-order valence-corrected chi connectivity index (χ1v) is 11.7. The molecule has 2 aromatic carbocycles. The third-order valence-electron chi connectivity index (χ3n) is 5.88. The molecule has 9 heteroatoms. The smallest absolute Gasteiger partial charge is 0.176 e. The highest BCUT2D eigenvalue weighted by Crippen LogP contribution is 2.28. The van der Waals surface area contributed by atoms with E-state index in [1.807, 2.05) is 65.8 Å². The summed E-state index contributed by atoms with van der Waals surface area (Å²) in [6.45, 7) is 7.38. The fourth-order valence-electron chi connectivity index (χ4n) is 3.92. The molecule has 2 aromatic heterocycles. The van der Waals surface area contributed by atoms with Gasteiger partial charge < -0.3 is 20.1 Å². The van der Waals surface area contributed by atoms with Crippen molar-refractivity contribution in [3.8, 4) is 11.5 Å². The Morgan fingerprint density at radius 2 is 1.69 bits per heavy atom. The average molecular weight is 491 g/mol. The minimum Gasteiger partial charge on any atom is -0.493 e. The van der Waals surface area contributed by atoms with E-state index < -0.39 is 0 Å². The summed E-state index contributed by atoms with van der Waals surface area (Å²) < 4.78 is 14.6. The van der Waals surface area contributed by atoms with Crippen molar-refractivity contribution in [2.45, 2.75) is 33.9 Å². The largest absolute Gasteiger partial charge is 0.493 e. The van der Waals surface area contributed by atoms with Crippen LogP contribution in [0.25, 0.3) is 0 Å². The molecule has 0 spiro atoms. The van der Waals surface area contributed by atoms with Crippen LogP contribution in [-0.4, -0.2) is 38.9 Å². The summed E-state index contributed by atoms with van der Waals surface area (Å²) in [4.78, 5) is 0. The fourth-order valence-corrected chi connectivity index (χ4v) is 4.13. The molecule has 0 aliphatic rings. The molecular formula is C26H30N6O2S. The van der Waals surface area contributed by atoms with Gasteiger partial charge in [-0.1, -0.05) is 30.3 Å². The second kappa shape index (κ2) is 10.6. The van der Waals surface area contributed by atoms with Gasteiger partial charge in [-0.25, -0.2) is 0 Å². The Labute approximate surface area is 210 Å². The minimum atomic E-state index is 0.461. The van der Waals surface area contributed by atoms with Crippen LogP contribution in [0, 0.1) is 20.8 Å². The van der Waals surface area contributed by atoms with E-state index in [2.05, 4.69) is 34.8 Å². The quantitative estimate of drug-likeness (QED) is 0.339. The normalized spacial score (nSPS) is 10.8. The van der Waals surface area contributed by atoms with E-state index in [1.165, 1.54) is 11.1 Å². The molecule has 182 valence electrons. The topological polar surface area (TPSA) is 78.2 Å². The van der Waals surface area contributed by atoms with Crippen molar-refractivity contribution < 1.29 is 9.47 Å². The molecule has 0 fully saturated rings. The zero-order valence-electron chi connectivity index (χ0n) is 20.6. The standard InChI is InChI=1S/C26H30N6O2S/c1-17-8-6-7-9-21(17)16-31-13-12-24(30-31)27-26(35)28-25-18(2)29-32(19(25)3)15-20-10-11-22(33-4)23(14-20)34-5/h6-14H,15-16H2,1-5H3,(H2,27,28,30,35). The van der Waals surface area contributed by atoms with Crippen molar-refractivity contribution in [1.29, 1.82) is 0 Å². The lowest BCUT2D eigenvalue weighted by Gasteiger charge is -2.11. The number of hydrogen-bond donors (Lipinski definition) is 2. The summed E-state index contributed by atoms with van der Waals surface area (Å²) in [6, 6.07) is 16.1. The monoisotopic (exact) mass is 490 g/mol. The Morgan fingerprint density at radius 3 is 2.43 bits per heavy atom. The molecule has 35 heavy (non-hydrogen) atoms. The number of ether oxygens (including phenoxy) is 2. The van der Waals surface area contributed by atoms with E-state index in [1.54, 1.807) is 14.2 Å². The van der Waals surface area contributed by atoms with Crippen LogP contribution in [0.5, 0.6) is 11.5 Å². The molecule has 2 N–H and O–H groups in total. The van der Waals surface area contributed by atoms with Gasteiger partial charge in [0.05, 0.1) is 44.4 Å². The second-order valence-electron chi connectivity index (χ2n) is 8.30. The van der Waals surface area contributed by atoms with Crippen molar-refractivity contribution in [2.24, 2.45) is 0 Å². The Hall–Kier alpha value is -3.85. The van der Waals surface area contributed by atoms with E-state index in [4.69, 9.17) is 26.8 Å². The molecule has 2 heterocycles. The van der Waals surface area contributed by atoms with E-state index in [0.29, 0.717) is 35.5 Å². The van der Waals surface area contributed by atoms with Crippen LogP contribution in [0.3, 0.4) is 0 Å². The van der Waals surface area contributed by atoms with Gasteiger partial charge in [0.15, 0.2) is 22.4 Å². The van der Waals surface area contributed by atoms with E-state index >= 15 is 0 Å². The highest BCUT2D eigenvalue weighted by molar-refractivity contribution is 7.80. The first-order chi connectivity index (χ1) is 16.9. The summed E-state index contributed by atoms with van der Waals surface area (Å²) in [5.74, 6) is 2.07. The molecule has 0 saturated heterocycles. The van der Waals surface area contributed by atoms with Crippen molar-refractivity contribution >= 4 is 28.8 Å². The van der Waals surface area contributed by atoms with Crippen LogP contribution in [0.4, 0.5) is 11.5 Å². The van der Waals surface area contributed by atoms with E-state index in [-0.39, 0.29) is 0 Å². The van der Waals surface area contributed by atoms with Crippen LogP contribution in [0.1, 0.15) is 28.1 Å². The predicted molar refractivity (Wildman–Crippen MR) is 143 cm³/mol. The number of rotatable bonds is 8. The van der Waals surface area contributed by atoms with E-state index in [0.717, 1.165) is 22.6 Å². The number of aromatic nitrogens is 4. The first kappa shape index (κ1) is 24.3. The zero-order chi connectivity index (χ0) is 24.9. The van der Waals surface area contributed by atoms with Crippen LogP contribution in [0.2, 0.25) is 0 Å². The maximum atomic E-state index is 5.56. The molecule has 4 aromatic rings. The summed E-state index contributed by atoms with van der Waals surface area (Å²) in [7, 11) is 3.26. The lowest BCUT2D eigenvalue weighted by Crippen LogP contribution is -2.20. The maximum absolute atomic E-state index is 5.56. The van der Waals surface area contributed by atoms with Crippen LogP contribution in [0.15, 0.2) is 54.7 Å². The number of methoxy groups -OCH3 is 2. The van der Waals surface area contributed by atoms with Crippen molar-refractivity contribution in [1.82, 2.24) is 19.6 Å². The van der Waals surface area contributed by atoms with E-state index in [9.17, 15) is 0 Å². The Bertz CT molecular complexity index is 1340. The summed E-state index contributed by atoms with van der Waals surface area (Å²) in [5.41, 5.74) is 6.24. The van der Waals surface area contributed by atoms with Crippen LogP contribution >= 0.6 is 12.2 Å². The van der Waals surface area contributed by atoms with Gasteiger partial charge in [0, 0.05) is 12.3 Å².